The fourth-order valence-corrected chi connectivity index (χ4v) is 3.72. The van der Waals surface area contributed by atoms with E-state index in [0.717, 1.165) is 19.6 Å². The topological polar surface area (TPSA) is 47.3 Å². The van der Waals surface area contributed by atoms with Crippen molar-refractivity contribution in [2.24, 2.45) is 11.8 Å². The van der Waals surface area contributed by atoms with Gasteiger partial charge in [0.2, 0.25) is 0 Å². The highest BCUT2D eigenvalue weighted by Gasteiger charge is 2.26. The van der Waals surface area contributed by atoms with E-state index >= 15 is 0 Å². The molecule has 1 aliphatic rings. The number of thiophene rings is 1. The molecule has 1 fully saturated rings. The summed E-state index contributed by atoms with van der Waals surface area (Å²) in [6, 6.07) is 8.79. The fraction of sp³-hybridized carbons (Fsp3) is 0.429. The van der Waals surface area contributed by atoms with Gasteiger partial charge in [-0.2, -0.15) is 0 Å². The van der Waals surface area contributed by atoms with Crippen molar-refractivity contribution in [3.05, 3.63) is 35.2 Å². The highest BCUT2D eigenvalue weighted by molar-refractivity contribution is 7.17. The quantitative estimate of drug-likeness (QED) is 0.660. The van der Waals surface area contributed by atoms with Gasteiger partial charge >= 0.3 is 0 Å². The van der Waals surface area contributed by atoms with E-state index in [4.69, 9.17) is 10.6 Å². The van der Waals surface area contributed by atoms with Crippen LogP contribution in [0.15, 0.2) is 29.6 Å². The van der Waals surface area contributed by atoms with Gasteiger partial charge in [0, 0.05) is 17.2 Å². The zero-order valence-corrected chi connectivity index (χ0v) is 11.1. The first-order chi connectivity index (χ1) is 8.90. The molecule has 2 aromatic rings. The van der Waals surface area contributed by atoms with E-state index in [1.165, 1.54) is 22.1 Å². The largest absolute Gasteiger partial charge is 0.381 e. The second-order valence-corrected chi connectivity index (χ2v) is 5.72. The van der Waals surface area contributed by atoms with Crippen molar-refractivity contribution in [1.82, 2.24) is 5.43 Å². The van der Waals surface area contributed by atoms with Crippen LogP contribution in [-0.4, -0.2) is 13.2 Å². The summed E-state index contributed by atoms with van der Waals surface area (Å²) in [6.45, 7) is 1.69. The van der Waals surface area contributed by atoms with Crippen LogP contribution in [0.1, 0.15) is 24.4 Å². The fourth-order valence-electron chi connectivity index (χ4n) is 2.77. The average Bonchev–Trinajstić information content (AvgIpc) is 2.90. The second-order valence-electron chi connectivity index (χ2n) is 4.81. The lowest BCUT2D eigenvalue weighted by atomic mass is 9.89. The lowest BCUT2D eigenvalue weighted by Crippen LogP contribution is -2.37. The van der Waals surface area contributed by atoms with Crippen molar-refractivity contribution >= 4 is 21.4 Å². The van der Waals surface area contributed by atoms with Crippen molar-refractivity contribution < 1.29 is 4.74 Å². The van der Waals surface area contributed by atoms with Gasteiger partial charge in [-0.1, -0.05) is 18.2 Å². The summed E-state index contributed by atoms with van der Waals surface area (Å²) in [5.41, 5.74) is 4.30. The van der Waals surface area contributed by atoms with E-state index in [2.05, 4.69) is 35.1 Å². The Morgan fingerprint density at radius 3 is 3.11 bits per heavy atom. The Labute approximate surface area is 111 Å². The third-order valence-corrected chi connectivity index (χ3v) is 4.67. The maximum absolute atomic E-state index is 5.79. The predicted octanol–water partition coefficient (Wildman–Crippen LogP) is 2.83. The standard InChI is InChI=1S/C14H18N2OS/c15-16-13(11-4-2-7-17-9-11)12-5-1-3-10-6-8-18-14(10)12/h1,3,5-6,8,11,13,16H,2,4,7,9,15H2. The number of rotatable bonds is 3. The Morgan fingerprint density at radius 1 is 1.39 bits per heavy atom. The molecule has 1 aromatic carbocycles. The summed E-state index contributed by atoms with van der Waals surface area (Å²) in [4.78, 5) is 0. The Hall–Kier alpha value is -0.940. The third kappa shape index (κ3) is 2.17. The summed E-state index contributed by atoms with van der Waals surface area (Å²) in [7, 11) is 0. The third-order valence-electron chi connectivity index (χ3n) is 3.69. The highest BCUT2D eigenvalue weighted by atomic mass is 32.1. The SMILES string of the molecule is NNC(c1cccc2ccsc12)C1CCCOC1. The minimum Gasteiger partial charge on any atom is -0.381 e. The summed E-state index contributed by atoms with van der Waals surface area (Å²) < 4.78 is 6.93. The second kappa shape index (κ2) is 5.36. The molecule has 3 nitrogen and oxygen atoms in total. The van der Waals surface area contributed by atoms with E-state index in [0.29, 0.717) is 5.92 Å². The number of hydrazine groups is 1. The van der Waals surface area contributed by atoms with E-state index in [-0.39, 0.29) is 6.04 Å². The smallest absolute Gasteiger partial charge is 0.0524 e. The van der Waals surface area contributed by atoms with E-state index < -0.39 is 0 Å². The molecule has 2 heterocycles. The summed E-state index contributed by atoms with van der Waals surface area (Å²) in [5, 5.41) is 3.44. The number of nitrogens with one attached hydrogen (secondary N) is 1. The molecule has 1 saturated heterocycles. The van der Waals surface area contributed by atoms with Crippen LogP contribution in [0.25, 0.3) is 10.1 Å². The van der Waals surface area contributed by atoms with Gasteiger partial charge in [-0.15, -0.1) is 11.3 Å². The minimum atomic E-state index is 0.188. The molecule has 0 radical (unpaired) electrons. The average molecular weight is 262 g/mol. The molecule has 2 atom stereocenters. The molecule has 0 aliphatic carbocycles. The summed E-state index contributed by atoms with van der Waals surface area (Å²) in [5.74, 6) is 6.26. The molecular formula is C14H18N2OS. The van der Waals surface area contributed by atoms with Crippen LogP contribution in [-0.2, 0) is 4.74 Å². The number of hydrogen-bond acceptors (Lipinski definition) is 4. The Kier molecular flexibility index (Phi) is 3.61. The van der Waals surface area contributed by atoms with Crippen LogP contribution < -0.4 is 11.3 Å². The molecule has 3 rings (SSSR count). The Morgan fingerprint density at radius 2 is 2.33 bits per heavy atom. The van der Waals surface area contributed by atoms with Gasteiger partial charge in [-0.05, 0) is 35.2 Å². The molecule has 96 valence electrons. The molecule has 0 saturated carbocycles. The molecular weight excluding hydrogens is 244 g/mol. The van der Waals surface area contributed by atoms with E-state index in [1.807, 2.05) is 0 Å². The van der Waals surface area contributed by atoms with Crippen LogP contribution in [0, 0.1) is 5.92 Å². The van der Waals surface area contributed by atoms with Crippen molar-refractivity contribution in [1.29, 1.82) is 0 Å². The van der Waals surface area contributed by atoms with E-state index in [9.17, 15) is 0 Å². The maximum atomic E-state index is 5.79. The number of nitrogens with two attached hydrogens (primary N) is 1. The predicted molar refractivity (Wildman–Crippen MR) is 75.4 cm³/mol. The molecule has 0 bridgehead atoms. The number of benzene rings is 1. The van der Waals surface area contributed by atoms with Crippen molar-refractivity contribution in [3.63, 3.8) is 0 Å². The normalized spacial score (nSPS) is 22.2. The van der Waals surface area contributed by atoms with Crippen molar-refractivity contribution in [2.45, 2.75) is 18.9 Å². The minimum absolute atomic E-state index is 0.188. The first-order valence-corrected chi connectivity index (χ1v) is 7.28. The van der Waals surface area contributed by atoms with Gasteiger partial charge in [0.05, 0.1) is 12.6 Å². The number of ether oxygens (including phenoxy) is 1. The zero-order chi connectivity index (χ0) is 12.4. The lowest BCUT2D eigenvalue weighted by Gasteiger charge is -2.30. The first kappa shape index (κ1) is 12.1. The molecule has 0 spiro atoms. The molecule has 1 aromatic heterocycles. The monoisotopic (exact) mass is 262 g/mol. The van der Waals surface area contributed by atoms with Crippen LogP contribution >= 0.6 is 11.3 Å². The summed E-state index contributed by atoms with van der Waals surface area (Å²) in [6.07, 6.45) is 2.31. The van der Waals surface area contributed by atoms with Crippen LogP contribution in [0.5, 0.6) is 0 Å². The van der Waals surface area contributed by atoms with Gasteiger partial charge in [-0.25, -0.2) is 0 Å². The Balaban J connectivity index is 1.97. The van der Waals surface area contributed by atoms with Crippen molar-refractivity contribution in [3.8, 4) is 0 Å². The van der Waals surface area contributed by atoms with Crippen molar-refractivity contribution in [2.75, 3.05) is 13.2 Å². The number of hydrogen-bond donors (Lipinski definition) is 2. The molecule has 18 heavy (non-hydrogen) atoms. The summed E-state index contributed by atoms with van der Waals surface area (Å²) >= 11 is 1.79. The van der Waals surface area contributed by atoms with Gasteiger partial charge in [-0.3, -0.25) is 11.3 Å². The molecule has 0 amide bonds. The molecule has 2 unspecified atom stereocenters. The first-order valence-electron chi connectivity index (χ1n) is 6.40. The lowest BCUT2D eigenvalue weighted by molar-refractivity contribution is 0.0392. The maximum Gasteiger partial charge on any atom is 0.0524 e. The van der Waals surface area contributed by atoms with Crippen LogP contribution in [0.4, 0.5) is 0 Å². The van der Waals surface area contributed by atoms with E-state index in [1.54, 1.807) is 11.3 Å². The van der Waals surface area contributed by atoms with Gasteiger partial charge in [0.1, 0.15) is 0 Å². The van der Waals surface area contributed by atoms with Gasteiger partial charge in [0.25, 0.3) is 0 Å². The van der Waals surface area contributed by atoms with Gasteiger partial charge in [0.15, 0.2) is 0 Å². The molecule has 3 N–H and O–H groups in total. The molecule has 1 aliphatic heterocycles. The van der Waals surface area contributed by atoms with Gasteiger partial charge < -0.3 is 4.74 Å². The Bertz CT molecular complexity index is 519. The number of fused-ring (bicyclic) bond motifs is 1. The highest BCUT2D eigenvalue weighted by Crippen LogP contribution is 2.34. The molecule has 4 heteroatoms. The van der Waals surface area contributed by atoms with Crippen LogP contribution in [0.2, 0.25) is 0 Å². The van der Waals surface area contributed by atoms with Crippen LogP contribution in [0.3, 0.4) is 0 Å². The zero-order valence-electron chi connectivity index (χ0n) is 10.3.